The van der Waals surface area contributed by atoms with E-state index in [-0.39, 0.29) is 16.5 Å². The first-order valence-electron chi connectivity index (χ1n) is 4.79. The molecule has 0 aliphatic heterocycles. The minimum atomic E-state index is -4.72. The maximum atomic E-state index is 11.2. The van der Waals surface area contributed by atoms with Crippen LogP contribution in [-0.4, -0.2) is 25.9 Å². The fourth-order valence-corrected chi connectivity index (χ4v) is 2.86. The van der Waals surface area contributed by atoms with E-state index in [2.05, 4.69) is 0 Å². The molecule has 0 aromatic heterocycles. The zero-order valence-corrected chi connectivity index (χ0v) is 10.9. The molecule has 2 aromatic carbocycles. The van der Waals surface area contributed by atoms with Crippen LogP contribution in [0.1, 0.15) is 0 Å². The Morgan fingerprint density at radius 3 is 2.16 bits per heavy atom. The molecule has 0 fully saturated rings. The molecular weight excluding hydrogens is 294 g/mol. The minimum absolute atomic E-state index is 0.00917. The molecule has 2 rings (SSSR count). The number of hydrogen-bond acceptors (Lipinski definition) is 5. The van der Waals surface area contributed by atoms with Crippen LogP contribution in [0.15, 0.2) is 34.1 Å². The Kier molecular flexibility index (Phi) is 3.01. The molecule has 0 aliphatic carbocycles. The van der Waals surface area contributed by atoms with Gasteiger partial charge in [0.1, 0.15) is 9.79 Å². The van der Waals surface area contributed by atoms with Crippen molar-refractivity contribution in [2.45, 2.75) is 9.79 Å². The number of nitrogen functional groups attached to an aromatic ring is 1. The van der Waals surface area contributed by atoms with Gasteiger partial charge < -0.3 is 5.73 Å². The maximum Gasteiger partial charge on any atom is 0.295 e. The fraction of sp³-hybridized carbons (Fsp3) is 0. The van der Waals surface area contributed by atoms with E-state index in [0.717, 1.165) is 6.07 Å². The van der Waals surface area contributed by atoms with Gasteiger partial charge in [0, 0.05) is 17.1 Å². The summed E-state index contributed by atoms with van der Waals surface area (Å²) < 4.78 is 62.6. The van der Waals surface area contributed by atoms with E-state index in [0.29, 0.717) is 0 Å². The second-order valence-electron chi connectivity index (χ2n) is 3.76. The van der Waals surface area contributed by atoms with E-state index in [1.165, 1.54) is 18.2 Å². The molecule has 0 unspecified atom stereocenters. The number of nitrogens with two attached hydrogens (primary N) is 1. The van der Waals surface area contributed by atoms with E-state index in [1.807, 2.05) is 6.07 Å². The normalized spacial score (nSPS) is 12.7. The lowest BCUT2D eigenvalue weighted by molar-refractivity contribution is 0.481. The van der Waals surface area contributed by atoms with Gasteiger partial charge >= 0.3 is 0 Å². The van der Waals surface area contributed by atoms with Crippen LogP contribution in [0, 0.1) is 6.07 Å². The second-order valence-corrected chi connectivity index (χ2v) is 6.51. The first kappa shape index (κ1) is 13.7. The third kappa shape index (κ3) is 2.68. The van der Waals surface area contributed by atoms with E-state index in [4.69, 9.17) is 14.8 Å². The van der Waals surface area contributed by atoms with Gasteiger partial charge in [-0.15, -0.1) is 0 Å². The largest absolute Gasteiger partial charge is 0.399 e. The topological polar surface area (TPSA) is 135 Å². The van der Waals surface area contributed by atoms with E-state index >= 15 is 0 Å². The molecule has 4 N–H and O–H groups in total. The summed E-state index contributed by atoms with van der Waals surface area (Å²) in [5, 5.41) is 0.183. The molecular formula is C10H8NO6S2. The van der Waals surface area contributed by atoms with Gasteiger partial charge in [-0.1, -0.05) is 6.07 Å². The van der Waals surface area contributed by atoms with Crippen LogP contribution in [-0.2, 0) is 20.2 Å². The first-order chi connectivity index (χ1) is 8.59. The number of anilines is 1. The summed E-state index contributed by atoms with van der Waals surface area (Å²) >= 11 is 0. The summed E-state index contributed by atoms with van der Waals surface area (Å²) in [5.41, 5.74) is 5.73. The molecule has 0 heterocycles. The van der Waals surface area contributed by atoms with Gasteiger partial charge in [0.2, 0.25) is 0 Å². The molecule has 7 nitrogen and oxygen atoms in total. The van der Waals surface area contributed by atoms with Crippen molar-refractivity contribution in [3.63, 3.8) is 0 Å². The molecule has 0 atom stereocenters. The number of fused-ring (bicyclic) bond motifs is 1. The zero-order chi connectivity index (χ0) is 14.4. The lowest BCUT2D eigenvalue weighted by Gasteiger charge is -2.07. The third-order valence-corrected chi connectivity index (χ3v) is 3.99. The van der Waals surface area contributed by atoms with Crippen LogP contribution < -0.4 is 5.73 Å². The van der Waals surface area contributed by atoms with Crippen LogP contribution in [0.3, 0.4) is 0 Å². The first-order valence-corrected chi connectivity index (χ1v) is 7.67. The van der Waals surface area contributed by atoms with Crippen LogP contribution in [0.25, 0.3) is 10.8 Å². The standard InChI is InChI=1S/C10H8NO6S2/c11-7-2-1-6-3-8(18(12,13)14)5-10(9(6)4-7)19(15,16)17/h1-4H,11H2,(H,12,13,14)(H,15,16,17). The predicted molar refractivity (Wildman–Crippen MR) is 66.8 cm³/mol. The highest BCUT2D eigenvalue weighted by Gasteiger charge is 2.20. The van der Waals surface area contributed by atoms with Crippen LogP contribution >= 0.6 is 0 Å². The Balaban J connectivity index is 3.01. The van der Waals surface area contributed by atoms with Gasteiger partial charge in [0.05, 0.1) is 0 Å². The molecule has 0 aliphatic rings. The molecule has 2 aromatic rings. The highest BCUT2D eigenvalue weighted by molar-refractivity contribution is 7.86. The summed E-state index contributed by atoms with van der Waals surface area (Å²) in [6.07, 6.45) is 0. The lowest BCUT2D eigenvalue weighted by atomic mass is 10.1. The average molecular weight is 302 g/mol. The molecule has 9 heteroatoms. The van der Waals surface area contributed by atoms with Gasteiger partial charge in [-0.3, -0.25) is 9.11 Å². The maximum absolute atomic E-state index is 11.2. The molecule has 0 bridgehead atoms. The summed E-state index contributed by atoms with van der Waals surface area (Å²) in [6.45, 7) is 0. The van der Waals surface area contributed by atoms with Crippen molar-refractivity contribution in [3.05, 3.63) is 30.3 Å². The predicted octanol–water partition coefficient (Wildman–Crippen LogP) is 0.716. The molecule has 19 heavy (non-hydrogen) atoms. The monoisotopic (exact) mass is 302 g/mol. The molecule has 0 amide bonds. The number of hydrogen-bond donors (Lipinski definition) is 3. The molecule has 0 saturated carbocycles. The Bertz CT molecular complexity index is 870. The van der Waals surface area contributed by atoms with E-state index < -0.39 is 30.0 Å². The number of benzene rings is 2. The quantitative estimate of drug-likeness (QED) is 0.549. The van der Waals surface area contributed by atoms with Crippen LogP contribution in [0.2, 0.25) is 0 Å². The Hall–Kier alpha value is -1.68. The highest BCUT2D eigenvalue weighted by atomic mass is 32.2. The van der Waals surface area contributed by atoms with Gasteiger partial charge in [0.15, 0.2) is 0 Å². The summed E-state index contributed by atoms with van der Waals surface area (Å²) in [4.78, 5) is -1.51. The van der Waals surface area contributed by atoms with Crippen LogP contribution in [0.4, 0.5) is 5.69 Å². The lowest BCUT2D eigenvalue weighted by Crippen LogP contribution is -2.05. The summed E-state index contributed by atoms with van der Waals surface area (Å²) in [6, 6.07) is 7.03. The molecule has 101 valence electrons. The van der Waals surface area contributed by atoms with Crippen molar-refractivity contribution in [3.8, 4) is 0 Å². The highest BCUT2D eigenvalue weighted by Crippen LogP contribution is 2.28. The van der Waals surface area contributed by atoms with E-state index in [1.54, 1.807) is 0 Å². The second kappa shape index (κ2) is 4.17. The zero-order valence-electron chi connectivity index (χ0n) is 9.23. The molecule has 0 spiro atoms. The van der Waals surface area contributed by atoms with Crippen molar-refractivity contribution in [2.24, 2.45) is 0 Å². The van der Waals surface area contributed by atoms with Crippen molar-refractivity contribution in [1.82, 2.24) is 0 Å². The van der Waals surface area contributed by atoms with Gasteiger partial charge in [-0.05, 0) is 23.6 Å². The minimum Gasteiger partial charge on any atom is -0.399 e. The smallest absolute Gasteiger partial charge is 0.295 e. The van der Waals surface area contributed by atoms with Gasteiger partial charge in [-0.25, -0.2) is 0 Å². The van der Waals surface area contributed by atoms with Crippen molar-refractivity contribution in [1.29, 1.82) is 0 Å². The third-order valence-electron chi connectivity index (χ3n) is 2.38. The van der Waals surface area contributed by atoms with Crippen molar-refractivity contribution >= 4 is 36.7 Å². The van der Waals surface area contributed by atoms with E-state index in [9.17, 15) is 16.8 Å². The number of rotatable bonds is 2. The summed E-state index contributed by atoms with van der Waals surface area (Å²) in [7, 11) is -9.37. The summed E-state index contributed by atoms with van der Waals surface area (Å²) in [5.74, 6) is 0. The van der Waals surface area contributed by atoms with Crippen molar-refractivity contribution < 1.29 is 25.9 Å². The molecule has 0 saturated heterocycles. The van der Waals surface area contributed by atoms with Gasteiger partial charge in [-0.2, -0.15) is 16.8 Å². The van der Waals surface area contributed by atoms with Crippen LogP contribution in [0.5, 0.6) is 0 Å². The molecule has 1 radical (unpaired) electrons. The Labute approximate surface area is 109 Å². The van der Waals surface area contributed by atoms with Crippen molar-refractivity contribution in [2.75, 3.05) is 5.73 Å². The fourth-order valence-electron chi connectivity index (χ4n) is 1.60. The van der Waals surface area contributed by atoms with Gasteiger partial charge in [0.25, 0.3) is 20.2 Å². The SMILES string of the molecule is Nc1ccc2cc(S(=O)(=O)O)[c]c(S(=O)(=O)O)c2c1. The Morgan fingerprint density at radius 1 is 1.00 bits per heavy atom. The average Bonchev–Trinajstić information content (AvgIpc) is 2.24. The Morgan fingerprint density at radius 2 is 1.63 bits per heavy atom.